The summed E-state index contributed by atoms with van der Waals surface area (Å²) in [5.41, 5.74) is 5.05. The van der Waals surface area contributed by atoms with Crippen molar-refractivity contribution < 1.29 is 56.7 Å². The van der Waals surface area contributed by atoms with Crippen LogP contribution in [0.15, 0.2) is 179 Å². The number of carboxylic acids is 1. The first-order valence-corrected chi connectivity index (χ1v) is 24.2. The lowest BCUT2D eigenvalue weighted by atomic mass is 10.2. The van der Waals surface area contributed by atoms with Crippen molar-refractivity contribution in [2.45, 2.75) is 33.9 Å². The Morgan fingerprint density at radius 1 is 0.513 bits per heavy atom. The fourth-order valence-corrected chi connectivity index (χ4v) is 7.24. The number of aromatic nitrogens is 2. The standard InChI is InChI=1S/C30H28N2O7.C30H30N2O5/c1-21-27(31-29(38-21)23-7-4-3-5-8-23)9-6-18-37-25-12-10-22(11-13-25)19-32(20-28(33)34)30(35)39-26-16-14-24(36-2)15-17-26;1-4-32(30(33)37-27-18-16-25(34-3)17-19-27)21-23-12-14-26(15-13-23)35-20-8-11-28-22(2)36-29(31-28)24-9-6-5-7-10-24/h3-17H,18-20H2,1-2H3,(H,33,34);5-19H,4,20-21H2,1-3H3/b9-6-;11-8-. The van der Waals surface area contributed by atoms with Gasteiger partial charge >= 0.3 is 18.2 Å². The number of carbonyl (C=O) groups excluding carboxylic acids is 2. The van der Waals surface area contributed by atoms with Crippen LogP contribution in [0, 0.1) is 13.8 Å². The average molecular weight is 1030 g/mol. The van der Waals surface area contributed by atoms with E-state index in [1.165, 1.54) is 7.11 Å². The first-order valence-electron chi connectivity index (χ1n) is 24.2. The van der Waals surface area contributed by atoms with Gasteiger partial charge in [-0.15, -0.1) is 0 Å². The Kier molecular flexibility index (Phi) is 19.6. The maximum atomic E-state index is 12.6. The molecule has 0 radical (unpaired) electrons. The number of hydrogen-bond acceptors (Lipinski definition) is 13. The van der Waals surface area contributed by atoms with Crippen LogP contribution < -0.4 is 28.4 Å². The minimum absolute atomic E-state index is 0.0522. The molecule has 16 nitrogen and oxygen atoms in total. The van der Waals surface area contributed by atoms with E-state index in [0.29, 0.717) is 66.8 Å². The molecule has 2 heterocycles. The minimum atomic E-state index is -1.15. The SMILES string of the molecule is CCN(Cc1ccc(OC/C=C\c2nc(-c3ccccc3)oc2C)cc1)C(=O)Oc1ccc(OC)cc1.COc1ccc(OC(=O)N(CC(=O)O)Cc2ccc(OC/C=C\c3nc(-c4ccccc4)oc3C)cc2)cc1. The zero-order valence-corrected chi connectivity index (χ0v) is 42.8. The van der Waals surface area contributed by atoms with E-state index in [2.05, 4.69) is 9.97 Å². The number of oxazole rings is 2. The zero-order valence-electron chi connectivity index (χ0n) is 42.8. The summed E-state index contributed by atoms with van der Waals surface area (Å²) in [6.07, 6.45) is 6.31. The maximum Gasteiger partial charge on any atom is 0.416 e. The van der Waals surface area contributed by atoms with E-state index in [0.717, 1.165) is 50.1 Å². The van der Waals surface area contributed by atoms with E-state index in [4.69, 9.17) is 37.3 Å². The molecule has 76 heavy (non-hydrogen) atoms. The van der Waals surface area contributed by atoms with Crippen LogP contribution in [0.25, 0.3) is 35.1 Å². The molecule has 0 unspecified atom stereocenters. The van der Waals surface area contributed by atoms with Gasteiger partial charge in [0.15, 0.2) is 0 Å². The van der Waals surface area contributed by atoms with E-state index in [1.54, 1.807) is 84.8 Å². The second-order valence-corrected chi connectivity index (χ2v) is 16.7. The van der Waals surface area contributed by atoms with Gasteiger partial charge < -0.3 is 47.3 Å². The third-order valence-electron chi connectivity index (χ3n) is 11.3. The normalized spacial score (nSPS) is 10.9. The largest absolute Gasteiger partial charge is 0.497 e. The first kappa shape index (κ1) is 54.2. The molecule has 390 valence electrons. The lowest BCUT2D eigenvalue weighted by molar-refractivity contribution is -0.138. The number of ether oxygens (including phenoxy) is 6. The van der Waals surface area contributed by atoms with Gasteiger partial charge in [-0.3, -0.25) is 9.69 Å². The van der Waals surface area contributed by atoms with Crippen molar-refractivity contribution in [1.29, 1.82) is 0 Å². The number of carboxylic acid groups (broad SMARTS) is 1. The van der Waals surface area contributed by atoms with Crippen molar-refractivity contribution in [3.05, 3.63) is 204 Å². The topological polar surface area (TPSA) is 185 Å². The van der Waals surface area contributed by atoms with Crippen molar-refractivity contribution in [3.63, 3.8) is 0 Å². The van der Waals surface area contributed by atoms with Gasteiger partial charge in [0.05, 0.1) is 14.2 Å². The van der Waals surface area contributed by atoms with Gasteiger partial charge in [0.25, 0.3) is 0 Å². The molecule has 0 spiro atoms. The predicted molar refractivity (Wildman–Crippen MR) is 287 cm³/mol. The molecule has 2 aromatic heterocycles. The molecular weight excluding hydrogens is 969 g/mol. The van der Waals surface area contributed by atoms with Crippen LogP contribution in [0.4, 0.5) is 9.59 Å². The molecule has 8 aromatic rings. The zero-order chi connectivity index (χ0) is 53.7. The number of methoxy groups -OCH3 is 2. The molecule has 0 saturated carbocycles. The van der Waals surface area contributed by atoms with Crippen LogP contribution in [0.5, 0.6) is 34.5 Å². The second-order valence-electron chi connectivity index (χ2n) is 16.7. The lowest BCUT2D eigenvalue weighted by Gasteiger charge is -2.20. The molecule has 16 heteroatoms. The van der Waals surface area contributed by atoms with Crippen LogP contribution in [0.1, 0.15) is 41.0 Å². The molecule has 6 aromatic carbocycles. The maximum absolute atomic E-state index is 12.6. The predicted octanol–water partition coefficient (Wildman–Crippen LogP) is 12.6. The summed E-state index contributed by atoms with van der Waals surface area (Å²) in [4.78, 5) is 48.4. The van der Waals surface area contributed by atoms with E-state index < -0.39 is 24.7 Å². The molecule has 0 aliphatic carbocycles. The minimum Gasteiger partial charge on any atom is -0.497 e. The Bertz CT molecular complexity index is 3150. The molecule has 0 atom stereocenters. The Morgan fingerprint density at radius 3 is 1.26 bits per heavy atom. The van der Waals surface area contributed by atoms with Crippen molar-refractivity contribution in [1.82, 2.24) is 19.8 Å². The summed E-state index contributed by atoms with van der Waals surface area (Å²) >= 11 is 0. The van der Waals surface area contributed by atoms with Crippen LogP contribution in [0.3, 0.4) is 0 Å². The highest BCUT2D eigenvalue weighted by Crippen LogP contribution is 2.25. The van der Waals surface area contributed by atoms with Crippen molar-refractivity contribution >= 4 is 30.3 Å². The van der Waals surface area contributed by atoms with Crippen molar-refractivity contribution in [2.24, 2.45) is 0 Å². The van der Waals surface area contributed by atoms with Gasteiger partial charge in [-0.2, -0.15) is 0 Å². The third-order valence-corrected chi connectivity index (χ3v) is 11.3. The molecule has 8 rings (SSSR count). The Hall–Kier alpha value is -9.57. The van der Waals surface area contributed by atoms with Gasteiger partial charge in [0.1, 0.15) is 77.2 Å². The van der Waals surface area contributed by atoms with E-state index >= 15 is 0 Å². The highest BCUT2D eigenvalue weighted by molar-refractivity contribution is 5.78. The monoisotopic (exact) mass is 1030 g/mol. The Morgan fingerprint density at radius 2 is 0.882 bits per heavy atom. The number of benzene rings is 6. The number of aryl methyl sites for hydroxylation is 2. The van der Waals surface area contributed by atoms with E-state index in [1.807, 2.05) is 130 Å². The van der Waals surface area contributed by atoms with Crippen molar-refractivity contribution in [2.75, 3.05) is 40.5 Å². The summed E-state index contributed by atoms with van der Waals surface area (Å²) in [5.74, 6) is 4.91. The van der Waals surface area contributed by atoms with Crippen LogP contribution in [-0.2, 0) is 17.9 Å². The smallest absolute Gasteiger partial charge is 0.416 e. The van der Waals surface area contributed by atoms with Gasteiger partial charge in [-0.25, -0.2) is 19.6 Å². The third kappa shape index (κ3) is 16.2. The van der Waals surface area contributed by atoms with E-state index in [9.17, 15) is 19.5 Å². The number of nitrogens with zero attached hydrogens (tertiary/aromatic N) is 4. The highest BCUT2D eigenvalue weighted by atomic mass is 16.6. The molecule has 0 bridgehead atoms. The second kappa shape index (κ2) is 27.5. The summed E-state index contributed by atoms with van der Waals surface area (Å²) in [5, 5.41) is 9.27. The number of carbonyl (C=O) groups is 3. The average Bonchev–Trinajstić information content (AvgIpc) is 4.02. The first-order chi connectivity index (χ1) is 37.0. The molecular formula is C60H58N4O12. The van der Waals surface area contributed by atoms with Crippen LogP contribution >= 0.6 is 0 Å². The van der Waals surface area contributed by atoms with E-state index in [-0.39, 0.29) is 12.3 Å². The number of hydrogen-bond donors (Lipinski definition) is 1. The fourth-order valence-electron chi connectivity index (χ4n) is 7.24. The number of amides is 2. The van der Waals surface area contributed by atoms with Crippen LogP contribution in [-0.4, -0.2) is 83.6 Å². The highest BCUT2D eigenvalue weighted by Gasteiger charge is 2.20. The lowest BCUT2D eigenvalue weighted by Crippen LogP contribution is -2.37. The molecule has 0 saturated heterocycles. The summed E-state index contributed by atoms with van der Waals surface area (Å²) in [7, 11) is 3.12. The summed E-state index contributed by atoms with van der Waals surface area (Å²) < 4.78 is 44.2. The Labute approximate surface area is 441 Å². The van der Waals surface area contributed by atoms with Gasteiger partial charge in [-0.05, 0) is 153 Å². The van der Waals surface area contributed by atoms with Crippen molar-refractivity contribution in [3.8, 4) is 57.4 Å². The quantitative estimate of drug-likeness (QED) is 0.0716. The summed E-state index contributed by atoms with van der Waals surface area (Å²) in [6.45, 7) is 6.87. The molecule has 0 aliphatic rings. The van der Waals surface area contributed by atoms with Gasteiger partial charge in [-0.1, -0.05) is 60.7 Å². The van der Waals surface area contributed by atoms with Gasteiger partial charge in [0, 0.05) is 30.8 Å². The van der Waals surface area contributed by atoms with Crippen LogP contribution in [0.2, 0.25) is 0 Å². The summed E-state index contributed by atoms with van der Waals surface area (Å²) in [6, 6.07) is 47.5. The molecule has 1 N–H and O–H groups in total. The molecule has 2 amide bonds. The number of rotatable bonds is 21. The fraction of sp³-hybridized carbons (Fsp3) is 0.183. The molecule has 0 fully saturated rings. The Balaban J connectivity index is 0.000000221. The number of aliphatic carboxylic acids is 1. The van der Waals surface area contributed by atoms with Gasteiger partial charge in [0.2, 0.25) is 11.8 Å². The molecule has 0 aliphatic heterocycles.